The molecule has 0 spiro atoms. The zero-order chi connectivity index (χ0) is 15.1. The molecule has 1 saturated heterocycles. The van der Waals surface area contributed by atoms with Gasteiger partial charge in [0, 0.05) is 45.5 Å². The molecule has 0 saturated carbocycles. The Labute approximate surface area is 127 Å². The number of pyridine rings is 1. The number of piperazine rings is 1. The van der Waals surface area contributed by atoms with Gasteiger partial charge in [0.2, 0.25) is 0 Å². The highest BCUT2D eigenvalue weighted by Crippen LogP contribution is 2.12. The number of aromatic nitrogens is 1. The van der Waals surface area contributed by atoms with E-state index in [1.54, 1.807) is 0 Å². The summed E-state index contributed by atoms with van der Waals surface area (Å²) in [6.45, 7) is 9.88. The molecule has 1 N–H and O–H groups in total. The van der Waals surface area contributed by atoms with Gasteiger partial charge in [-0.3, -0.25) is 4.90 Å². The lowest BCUT2D eigenvalue weighted by Crippen LogP contribution is -2.49. The molecule has 0 aromatic carbocycles. The maximum Gasteiger partial charge on any atom is 0.128 e. The molecule has 1 aromatic heterocycles. The minimum Gasteiger partial charge on any atom is -0.389 e. The van der Waals surface area contributed by atoms with E-state index < -0.39 is 6.10 Å². The number of hydrogen-bond donors (Lipinski definition) is 1. The van der Waals surface area contributed by atoms with Crippen molar-refractivity contribution in [1.82, 2.24) is 9.88 Å². The van der Waals surface area contributed by atoms with Crippen molar-refractivity contribution in [2.24, 2.45) is 5.92 Å². The third kappa shape index (κ3) is 5.61. The van der Waals surface area contributed by atoms with Gasteiger partial charge in [-0.1, -0.05) is 19.9 Å². The van der Waals surface area contributed by atoms with Crippen LogP contribution in [0, 0.1) is 5.92 Å². The number of β-amino-alcohol motifs (C(OH)–C–C–N with tert-alkyl or cyclic N) is 1. The smallest absolute Gasteiger partial charge is 0.128 e. The maximum absolute atomic E-state index is 10.0. The number of hydrogen-bond acceptors (Lipinski definition) is 5. The van der Waals surface area contributed by atoms with Gasteiger partial charge in [0.15, 0.2) is 0 Å². The van der Waals surface area contributed by atoms with Crippen molar-refractivity contribution in [3.8, 4) is 0 Å². The molecule has 1 atom stereocenters. The molecule has 1 unspecified atom stereocenters. The second-order valence-corrected chi connectivity index (χ2v) is 6.06. The van der Waals surface area contributed by atoms with Crippen LogP contribution >= 0.6 is 0 Å². The topological polar surface area (TPSA) is 48.8 Å². The Morgan fingerprint density at radius 1 is 1.19 bits per heavy atom. The first kappa shape index (κ1) is 16.2. The normalized spacial score (nSPS) is 18.2. The standard InChI is InChI=1S/C16H27N3O2/c1-14(2)12-21-13-15(20)11-18-7-9-19(10-8-18)16-5-3-4-6-17-16/h3-6,14-15,20H,7-13H2,1-2H3. The van der Waals surface area contributed by atoms with Gasteiger partial charge in [-0.15, -0.1) is 0 Å². The summed E-state index contributed by atoms with van der Waals surface area (Å²) in [4.78, 5) is 8.97. The molecule has 2 heterocycles. The summed E-state index contributed by atoms with van der Waals surface area (Å²) in [7, 11) is 0. The largest absolute Gasteiger partial charge is 0.389 e. The zero-order valence-corrected chi connectivity index (χ0v) is 13.1. The third-order valence-electron chi connectivity index (χ3n) is 3.58. The quantitative estimate of drug-likeness (QED) is 0.819. The summed E-state index contributed by atoms with van der Waals surface area (Å²) >= 11 is 0. The fourth-order valence-electron chi connectivity index (χ4n) is 2.49. The molecule has 0 aliphatic carbocycles. The third-order valence-corrected chi connectivity index (χ3v) is 3.58. The Hall–Kier alpha value is -1.17. The van der Waals surface area contributed by atoms with E-state index >= 15 is 0 Å². The molecule has 21 heavy (non-hydrogen) atoms. The van der Waals surface area contributed by atoms with E-state index in [0.29, 0.717) is 25.7 Å². The Bertz CT molecular complexity index is 392. The Morgan fingerprint density at radius 3 is 2.57 bits per heavy atom. The summed E-state index contributed by atoms with van der Waals surface area (Å²) in [5, 5.41) is 10.0. The molecule has 0 radical (unpaired) electrons. The van der Waals surface area contributed by atoms with Gasteiger partial charge >= 0.3 is 0 Å². The van der Waals surface area contributed by atoms with Crippen LogP contribution in [0.5, 0.6) is 0 Å². The van der Waals surface area contributed by atoms with E-state index in [1.807, 2.05) is 24.4 Å². The second kappa shape index (κ2) is 8.32. The van der Waals surface area contributed by atoms with Crippen molar-refractivity contribution in [2.75, 3.05) is 50.8 Å². The average molecular weight is 293 g/mol. The van der Waals surface area contributed by atoms with Crippen molar-refractivity contribution in [1.29, 1.82) is 0 Å². The Kier molecular flexibility index (Phi) is 6.42. The SMILES string of the molecule is CC(C)COCC(O)CN1CCN(c2ccccn2)CC1. The first-order chi connectivity index (χ1) is 10.1. The minimum absolute atomic E-state index is 0.398. The second-order valence-electron chi connectivity index (χ2n) is 6.06. The molecule has 2 rings (SSSR count). The highest BCUT2D eigenvalue weighted by molar-refractivity contribution is 5.38. The van der Waals surface area contributed by atoms with Crippen molar-refractivity contribution in [3.63, 3.8) is 0 Å². The summed E-state index contributed by atoms with van der Waals surface area (Å²) in [6.07, 6.45) is 1.43. The van der Waals surface area contributed by atoms with Gasteiger partial charge < -0.3 is 14.7 Å². The number of rotatable bonds is 7. The molecule has 1 fully saturated rings. The van der Waals surface area contributed by atoms with Crippen molar-refractivity contribution >= 4 is 5.82 Å². The molecular formula is C16H27N3O2. The zero-order valence-electron chi connectivity index (χ0n) is 13.1. The monoisotopic (exact) mass is 293 g/mol. The van der Waals surface area contributed by atoms with Crippen LogP contribution in [-0.4, -0.2) is 67.0 Å². The van der Waals surface area contributed by atoms with E-state index in [2.05, 4.69) is 28.6 Å². The summed E-state index contributed by atoms with van der Waals surface area (Å²) in [6, 6.07) is 6.00. The van der Waals surface area contributed by atoms with Crippen LogP contribution in [0.2, 0.25) is 0 Å². The van der Waals surface area contributed by atoms with Crippen LogP contribution < -0.4 is 4.90 Å². The first-order valence-corrected chi connectivity index (χ1v) is 7.79. The van der Waals surface area contributed by atoms with Gasteiger partial charge in [-0.25, -0.2) is 4.98 Å². The highest BCUT2D eigenvalue weighted by Gasteiger charge is 2.19. The molecule has 5 heteroatoms. The maximum atomic E-state index is 10.0. The van der Waals surface area contributed by atoms with Crippen LogP contribution in [0.4, 0.5) is 5.82 Å². The van der Waals surface area contributed by atoms with Gasteiger partial charge in [0.05, 0.1) is 12.7 Å². The molecule has 0 bridgehead atoms. The number of aliphatic hydroxyl groups is 1. The van der Waals surface area contributed by atoms with Crippen LogP contribution in [-0.2, 0) is 4.74 Å². The van der Waals surface area contributed by atoms with Gasteiger partial charge in [-0.05, 0) is 18.1 Å². The summed E-state index contributed by atoms with van der Waals surface area (Å²) in [5.74, 6) is 1.55. The van der Waals surface area contributed by atoms with Crippen LogP contribution in [0.25, 0.3) is 0 Å². The predicted molar refractivity (Wildman–Crippen MR) is 84.6 cm³/mol. The highest BCUT2D eigenvalue weighted by atomic mass is 16.5. The molecule has 1 aromatic rings. The fraction of sp³-hybridized carbons (Fsp3) is 0.688. The molecule has 5 nitrogen and oxygen atoms in total. The van der Waals surface area contributed by atoms with E-state index in [-0.39, 0.29) is 0 Å². The number of aliphatic hydroxyl groups excluding tert-OH is 1. The predicted octanol–water partition coefficient (Wildman–Crippen LogP) is 1.24. The summed E-state index contributed by atoms with van der Waals surface area (Å²) < 4.78 is 5.49. The fourth-order valence-corrected chi connectivity index (χ4v) is 2.49. The van der Waals surface area contributed by atoms with E-state index in [0.717, 1.165) is 32.0 Å². The minimum atomic E-state index is -0.398. The van der Waals surface area contributed by atoms with Gasteiger partial charge in [-0.2, -0.15) is 0 Å². The van der Waals surface area contributed by atoms with Crippen LogP contribution in [0.15, 0.2) is 24.4 Å². The molecule has 1 aliphatic heterocycles. The molecular weight excluding hydrogens is 266 g/mol. The number of ether oxygens (including phenoxy) is 1. The number of nitrogens with zero attached hydrogens (tertiary/aromatic N) is 3. The van der Waals surface area contributed by atoms with Gasteiger partial charge in [0.25, 0.3) is 0 Å². The lowest BCUT2D eigenvalue weighted by Gasteiger charge is -2.36. The van der Waals surface area contributed by atoms with E-state index in [9.17, 15) is 5.11 Å². The van der Waals surface area contributed by atoms with Crippen molar-refractivity contribution in [3.05, 3.63) is 24.4 Å². The Morgan fingerprint density at radius 2 is 1.95 bits per heavy atom. The van der Waals surface area contributed by atoms with Crippen LogP contribution in [0.1, 0.15) is 13.8 Å². The molecule has 1 aliphatic rings. The van der Waals surface area contributed by atoms with Crippen molar-refractivity contribution in [2.45, 2.75) is 20.0 Å². The van der Waals surface area contributed by atoms with Gasteiger partial charge in [0.1, 0.15) is 5.82 Å². The average Bonchev–Trinajstić information content (AvgIpc) is 2.48. The summed E-state index contributed by atoms with van der Waals surface area (Å²) in [5.41, 5.74) is 0. The Balaban J connectivity index is 1.67. The van der Waals surface area contributed by atoms with Crippen LogP contribution in [0.3, 0.4) is 0 Å². The molecule has 118 valence electrons. The number of anilines is 1. The lowest BCUT2D eigenvalue weighted by atomic mass is 10.2. The van der Waals surface area contributed by atoms with E-state index in [1.165, 1.54) is 0 Å². The molecule has 0 amide bonds. The lowest BCUT2D eigenvalue weighted by molar-refractivity contribution is 0.00745. The van der Waals surface area contributed by atoms with Crippen molar-refractivity contribution < 1.29 is 9.84 Å². The van der Waals surface area contributed by atoms with E-state index in [4.69, 9.17) is 4.74 Å². The first-order valence-electron chi connectivity index (χ1n) is 7.79.